The molecule has 2 aromatic rings. The van der Waals surface area contributed by atoms with Gasteiger partial charge in [0.05, 0.1) is 32.9 Å². The van der Waals surface area contributed by atoms with Crippen molar-refractivity contribution in [2.24, 2.45) is 11.7 Å². The highest BCUT2D eigenvalue weighted by molar-refractivity contribution is 7.85. The molecule has 1 amide bonds. The molecule has 2 heterocycles. The number of aryl methyl sites for hydroxylation is 1. The zero-order valence-electron chi connectivity index (χ0n) is 22.0. The molecule has 206 valence electrons. The normalized spacial score (nSPS) is 23.8. The van der Waals surface area contributed by atoms with E-state index in [4.69, 9.17) is 28.9 Å². The van der Waals surface area contributed by atoms with Crippen molar-refractivity contribution in [3.05, 3.63) is 64.1 Å². The second kappa shape index (κ2) is 13.1. The van der Waals surface area contributed by atoms with Crippen LogP contribution in [0.5, 0.6) is 0 Å². The van der Waals surface area contributed by atoms with Gasteiger partial charge in [-0.1, -0.05) is 61.3 Å². The van der Waals surface area contributed by atoms with E-state index in [0.29, 0.717) is 61.0 Å². The molecule has 2 fully saturated rings. The molecule has 0 aliphatic carbocycles. The minimum Gasteiger partial charge on any atom is -0.331 e. The highest BCUT2D eigenvalue weighted by Gasteiger charge is 2.46. The van der Waals surface area contributed by atoms with Gasteiger partial charge < -0.3 is 10.6 Å². The number of halogens is 2. The first-order valence-electron chi connectivity index (χ1n) is 13.4. The molecule has 0 radical (unpaired) electrons. The molecule has 9 heteroatoms. The average molecular weight is 579 g/mol. The number of ketones is 1. The Morgan fingerprint density at radius 1 is 1.13 bits per heavy atom. The Morgan fingerprint density at radius 3 is 2.55 bits per heavy atom. The van der Waals surface area contributed by atoms with Crippen LogP contribution in [-0.4, -0.2) is 68.7 Å². The second-order valence-corrected chi connectivity index (χ2v) is 13.2. The molecule has 0 spiro atoms. The Hall–Kier alpha value is -1.77. The van der Waals surface area contributed by atoms with Crippen molar-refractivity contribution in [2.75, 3.05) is 18.8 Å². The summed E-state index contributed by atoms with van der Waals surface area (Å²) < 4.78 is 13.2. The van der Waals surface area contributed by atoms with E-state index in [-0.39, 0.29) is 35.7 Å². The van der Waals surface area contributed by atoms with Gasteiger partial charge in [0.1, 0.15) is 0 Å². The van der Waals surface area contributed by atoms with E-state index in [1.807, 2.05) is 36.4 Å². The molecule has 0 saturated carbocycles. The standard InChI is InChI=1S/C29H37Cl2N3O3S/c1-19(2)14-26(28(35)11-9-20-8-10-24(30)25(31)15-20)33-13-12-22(18-38(37)23-6-4-3-5-7-23)34-17-21(32)16-27(34)29(33)36/h3-8,10,15,19,21-22,26-27H,9,11-14,16-18,32H2,1-2H3/t21-,22?,26-,27+,38?/m1/s1. The summed E-state index contributed by atoms with van der Waals surface area (Å²) in [5, 5.41) is 0.950. The molecule has 2 unspecified atom stereocenters. The minimum atomic E-state index is -1.19. The van der Waals surface area contributed by atoms with E-state index in [9.17, 15) is 13.8 Å². The maximum absolute atomic E-state index is 13.9. The summed E-state index contributed by atoms with van der Waals surface area (Å²) in [7, 11) is -1.19. The molecule has 0 bridgehead atoms. The summed E-state index contributed by atoms with van der Waals surface area (Å²) >= 11 is 12.2. The second-order valence-electron chi connectivity index (χ2n) is 10.9. The van der Waals surface area contributed by atoms with Crippen LogP contribution >= 0.6 is 23.2 Å². The van der Waals surface area contributed by atoms with Crippen LogP contribution in [0, 0.1) is 5.92 Å². The Morgan fingerprint density at radius 2 is 1.87 bits per heavy atom. The van der Waals surface area contributed by atoms with E-state index >= 15 is 0 Å². The number of nitrogens with two attached hydrogens (primary N) is 1. The summed E-state index contributed by atoms with van der Waals surface area (Å²) in [6.45, 7) is 5.21. The third-order valence-electron chi connectivity index (χ3n) is 7.55. The number of benzene rings is 2. The van der Waals surface area contributed by atoms with Crippen molar-refractivity contribution < 1.29 is 13.8 Å². The van der Waals surface area contributed by atoms with Crippen LogP contribution in [0.3, 0.4) is 0 Å². The first kappa shape index (κ1) is 29.2. The maximum atomic E-state index is 13.9. The maximum Gasteiger partial charge on any atom is 0.240 e. The number of nitrogens with zero attached hydrogens (tertiary/aromatic N) is 2. The minimum absolute atomic E-state index is 0.0283. The number of carbonyl (C=O) groups excluding carboxylic acids is 2. The molecule has 2 aromatic carbocycles. The third kappa shape index (κ3) is 7.05. The quantitative estimate of drug-likeness (QED) is 0.441. The smallest absolute Gasteiger partial charge is 0.240 e. The fraction of sp³-hybridized carbons (Fsp3) is 0.517. The first-order valence-corrected chi connectivity index (χ1v) is 15.4. The molecule has 5 atom stereocenters. The van der Waals surface area contributed by atoms with Gasteiger partial charge in [0.15, 0.2) is 5.78 Å². The monoisotopic (exact) mass is 577 g/mol. The number of hydrogen-bond acceptors (Lipinski definition) is 5. The molecular weight excluding hydrogens is 541 g/mol. The summed E-state index contributed by atoms with van der Waals surface area (Å²) in [6, 6.07) is 13.8. The predicted octanol–water partition coefficient (Wildman–Crippen LogP) is 4.72. The number of carbonyl (C=O) groups is 2. The molecule has 2 aliphatic rings. The zero-order valence-corrected chi connectivity index (χ0v) is 24.4. The molecule has 0 aromatic heterocycles. The van der Waals surface area contributed by atoms with Gasteiger partial charge in [0, 0.05) is 42.2 Å². The van der Waals surface area contributed by atoms with Gasteiger partial charge in [-0.3, -0.25) is 18.7 Å². The van der Waals surface area contributed by atoms with Crippen molar-refractivity contribution in [1.29, 1.82) is 0 Å². The average Bonchev–Trinajstić information content (AvgIpc) is 3.24. The first-order chi connectivity index (χ1) is 18.1. The summed E-state index contributed by atoms with van der Waals surface area (Å²) in [5.41, 5.74) is 7.27. The van der Waals surface area contributed by atoms with Gasteiger partial charge in [-0.05, 0) is 61.4 Å². The van der Waals surface area contributed by atoms with Crippen molar-refractivity contribution in [2.45, 2.75) is 75.0 Å². The molecule has 4 rings (SSSR count). The Kier molecular flexibility index (Phi) is 10.0. The van der Waals surface area contributed by atoms with Gasteiger partial charge in [-0.25, -0.2) is 0 Å². The van der Waals surface area contributed by atoms with Gasteiger partial charge >= 0.3 is 0 Å². The summed E-state index contributed by atoms with van der Waals surface area (Å²) in [4.78, 5) is 32.3. The van der Waals surface area contributed by atoms with Gasteiger partial charge in [0.2, 0.25) is 5.91 Å². The van der Waals surface area contributed by atoms with Gasteiger partial charge in [-0.2, -0.15) is 0 Å². The Labute approximate surface area is 238 Å². The van der Waals surface area contributed by atoms with Gasteiger partial charge in [-0.15, -0.1) is 0 Å². The highest BCUT2D eigenvalue weighted by atomic mass is 35.5. The predicted molar refractivity (Wildman–Crippen MR) is 154 cm³/mol. The SMILES string of the molecule is CC(C)C[C@H](C(=O)CCc1ccc(Cl)c(Cl)c1)N1CCC(CS(=O)c2ccccc2)N2C[C@H](N)C[C@H]2C1=O. The molecular formula is C29H37Cl2N3O3S. The van der Waals surface area contributed by atoms with E-state index < -0.39 is 16.8 Å². The largest absolute Gasteiger partial charge is 0.331 e. The van der Waals surface area contributed by atoms with Crippen LogP contribution in [0.4, 0.5) is 0 Å². The number of rotatable bonds is 10. The lowest BCUT2D eigenvalue weighted by molar-refractivity contribution is -0.142. The zero-order chi connectivity index (χ0) is 27.4. The van der Waals surface area contributed by atoms with Crippen LogP contribution in [0.25, 0.3) is 0 Å². The topological polar surface area (TPSA) is 83.7 Å². The van der Waals surface area contributed by atoms with Crippen molar-refractivity contribution >= 4 is 45.7 Å². The third-order valence-corrected chi connectivity index (χ3v) is 9.77. The molecule has 6 nitrogen and oxygen atoms in total. The lowest BCUT2D eigenvalue weighted by Crippen LogP contribution is -2.51. The van der Waals surface area contributed by atoms with Crippen LogP contribution < -0.4 is 5.73 Å². The summed E-state index contributed by atoms with van der Waals surface area (Å²) in [5.74, 6) is 0.708. The van der Waals surface area contributed by atoms with Crippen LogP contribution in [-0.2, 0) is 26.8 Å². The van der Waals surface area contributed by atoms with Crippen molar-refractivity contribution in [1.82, 2.24) is 9.80 Å². The number of fused-ring (bicyclic) bond motifs is 1. The number of amides is 1. The van der Waals surface area contributed by atoms with Crippen LogP contribution in [0.2, 0.25) is 10.0 Å². The fourth-order valence-corrected chi connectivity index (χ4v) is 7.32. The van der Waals surface area contributed by atoms with E-state index in [2.05, 4.69) is 18.7 Å². The lowest BCUT2D eigenvalue weighted by Gasteiger charge is -2.33. The Bertz CT molecular complexity index is 1160. The van der Waals surface area contributed by atoms with E-state index in [0.717, 1.165) is 10.5 Å². The number of Topliss-reactive ketones (excluding diaryl/α,β-unsaturated/α-hetero) is 1. The van der Waals surface area contributed by atoms with Crippen molar-refractivity contribution in [3.8, 4) is 0 Å². The molecule has 2 aliphatic heterocycles. The molecule has 2 N–H and O–H groups in total. The molecule has 2 saturated heterocycles. The van der Waals surface area contributed by atoms with E-state index in [1.165, 1.54) is 0 Å². The van der Waals surface area contributed by atoms with Crippen LogP contribution in [0.1, 0.15) is 45.1 Å². The fourth-order valence-electron chi connectivity index (χ4n) is 5.64. The molecule has 38 heavy (non-hydrogen) atoms. The van der Waals surface area contributed by atoms with E-state index in [1.54, 1.807) is 17.0 Å². The van der Waals surface area contributed by atoms with Crippen molar-refractivity contribution in [3.63, 3.8) is 0 Å². The Balaban J connectivity index is 1.53. The number of hydrogen-bond donors (Lipinski definition) is 1. The highest BCUT2D eigenvalue weighted by Crippen LogP contribution is 2.30. The van der Waals surface area contributed by atoms with Crippen LogP contribution in [0.15, 0.2) is 53.4 Å². The lowest BCUT2D eigenvalue weighted by atomic mass is 9.94. The summed E-state index contributed by atoms with van der Waals surface area (Å²) in [6.07, 6.45) is 2.66. The van der Waals surface area contributed by atoms with Gasteiger partial charge in [0.25, 0.3) is 0 Å².